The Balaban J connectivity index is 1.22. The van der Waals surface area contributed by atoms with Gasteiger partial charge in [-0.1, -0.05) is 42.5 Å². The third-order valence-electron chi connectivity index (χ3n) is 6.39. The van der Waals surface area contributed by atoms with Crippen molar-refractivity contribution < 1.29 is 19.5 Å². The van der Waals surface area contributed by atoms with Crippen LogP contribution in [0.3, 0.4) is 0 Å². The summed E-state index contributed by atoms with van der Waals surface area (Å²) in [5.41, 5.74) is 3.25. The second kappa shape index (κ2) is 9.87. The number of benzene rings is 2. The number of carbonyl (C=O) groups excluding carboxylic acids is 2. The fourth-order valence-electron chi connectivity index (χ4n) is 4.42. The topological polar surface area (TPSA) is 112 Å². The lowest BCUT2D eigenvalue weighted by atomic mass is 9.96. The number of carboxylic acid groups (broad SMARTS) is 1. The number of carbonyl (C=O) groups is 3. The van der Waals surface area contributed by atoms with Crippen LogP contribution in [0.2, 0.25) is 0 Å². The van der Waals surface area contributed by atoms with Crippen molar-refractivity contribution >= 4 is 34.4 Å². The number of nitrogens with zero attached hydrogens (tertiary/aromatic N) is 2. The monoisotopic (exact) mass is 490 g/mol. The van der Waals surface area contributed by atoms with Crippen molar-refractivity contribution in [3.8, 4) is 11.3 Å². The summed E-state index contributed by atoms with van der Waals surface area (Å²) in [7, 11) is 0. The molecule has 1 aromatic heterocycles. The predicted molar refractivity (Wildman–Crippen MR) is 133 cm³/mol. The molecule has 2 aliphatic rings. The van der Waals surface area contributed by atoms with Gasteiger partial charge in [-0.3, -0.25) is 14.5 Å². The van der Waals surface area contributed by atoms with Gasteiger partial charge in [0.1, 0.15) is 6.04 Å². The van der Waals surface area contributed by atoms with Crippen LogP contribution in [-0.4, -0.2) is 51.5 Å². The molecule has 5 rings (SSSR count). The Morgan fingerprint density at radius 3 is 2.49 bits per heavy atom. The maximum Gasteiger partial charge on any atom is 0.407 e. The van der Waals surface area contributed by atoms with Gasteiger partial charge in [-0.25, -0.2) is 9.78 Å². The highest BCUT2D eigenvalue weighted by Crippen LogP contribution is 2.30. The minimum atomic E-state index is -1.09. The molecule has 2 unspecified atom stereocenters. The number of hydrogen-bond acceptors (Lipinski definition) is 5. The summed E-state index contributed by atoms with van der Waals surface area (Å²) in [4.78, 5) is 42.7. The largest absolute Gasteiger partial charge is 0.465 e. The van der Waals surface area contributed by atoms with Gasteiger partial charge in [-0.05, 0) is 49.3 Å². The Hall–Kier alpha value is -3.72. The van der Waals surface area contributed by atoms with E-state index in [9.17, 15) is 19.5 Å². The summed E-state index contributed by atoms with van der Waals surface area (Å²) in [5, 5.41) is 17.7. The van der Waals surface area contributed by atoms with E-state index < -0.39 is 12.1 Å². The molecule has 0 bridgehead atoms. The van der Waals surface area contributed by atoms with E-state index >= 15 is 0 Å². The zero-order valence-electron chi connectivity index (χ0n) is 19.0. The average molecular weight is 491 g/mol. The molecule has 8 nitrogen and oxygen atoms in total. The van der Waals surface area contributed by atoms with E-state index in [4.69, 9.17) is 0 Å². The molecule has 3 N–H and O–H groups in total. The fourth-order valence-corrected chi connectivity index (χ4v) is 5.14. The van der Waals surface area contributed by atoms with E-state index in [-0.39, 0.29) is 17.7 Å². The van der Waals surface area contributed by atoms with Gasteiger partial charge in [0.05, 0.1) is 5.69 Å². The van der Waals surface area contributed by atoms with Gasteiger partial charge < -0.3 is 15.7 Å². The molecule has 1 aliphatic carbocycles. The van der Waals surface area contributed by atoms with Crippen molar-refractivity contribution in [2.75, 3.05) is 11.9 Å². The molecule has 3 amide bonds. The van der Waals surface area contributed by atoms with Crippen LogP contribution in [-0.2, 0) is 11.2 Å². The third kappa shape index (κ3) is 5.51. The number of rotatable bonds is 7. The minimum absolute atomic E-state index is 0.0737. The molecule has 180 valence electrons. The van der Waals surface area contributed by atoms with Crippen molar-refractivity contribution in [2.45, 2.75) is 37.8 Å². The van der Waals surface area contributed by atoms with E-state index in [0.717, 1.165) is 30.4 Å². The van der Waals surface area contributed by atoms with Gasteiger partial charge in [-0.2, -0.15) is 0 Å². The molecule has 2 atom stereocenters. The van der Waals surface area contributed by atoms with Crippen LogP contribution in [0.4, 0.5) is 9.93 Å². The molecule has 9 heteroatoms. The Morgan fingerprint density at radius 2 is 1.80 bits per heavy atom. The first kappa shape index (κ1) is 23.0. The van der Waals surface area contributed by atoms with Crippen LogP contribution in [0, 0.1) is 5.92 Å². The van der Waals surface area contributed by atoms with Gasteiger partial charge in [0.25, 0.3) is 5.91 Å². The lowest BCUT2D eigenvalue weighted by molar-refractivity contribution is -0.119. The van der Waals surface area contributed by atoms with Crippen LogP contribution in [0.5, 0.6) is 0 Å². The van der Waals surface area contributed by atoms with E-state index in [0.29, 0.717) is 35.4 Å². The normalized spacial score (nSPS) is 19.4. The second-order valence-corrected chi connectivity index (χ2v) is 9.95. The van der Waals surface area contributed by atoms with E-state index in [1.165, 1.54) is 16.2 Å². The Bertz CT molecular complexity index is 1220. The molecule has 1 saturated heterocycles. The Kier molecular flexibility index (Phi) is 6.50. The predicted octanol–water partition coefficient (Wildman–Crippen LogP) is 4.25. The maximum absolute atomic E-state index is 13.0. The first-order chi connectivity index (χ1) is 17.0. The van der Waals surface area contributed by atoms with Crippen molar-refractivity contribution in [1.82, 2.24) is 15.2 Å². The van der Waals surface area contributed by atoms with Crippen LogP contribution in [0.25, 0.3) is 11.3 Å². The second-order valence-electron chi connectivity index (χ2n) is 9.09. The fraction of sp³-hybridized carbons (Fsp3) is 0.308. The van der Waals surface area contributed by atoms with Gasteiger partial charge in [0, 0.05) is 29.1 Å². The molecule has 0 spiro atoms. The Labute approximate surface area is 207 Å². The zero-order chi connectivity index (χ0) is 24.4. The molecule has 1 aliphatic heterocycles. The van der Waals surface area contributed by atoms with Gasteiger partial charge >= 0.3 is 6.09 Å². The van der Waals surface area contributed by atoms with Crippen LogP contribution >= 0.6 is 11.3 Å². The molecule has 2 heterocycles. The lowest BCUT2D eigenvalue weighted by Crippen LogP contribution is -2.42. The number of anilines is 1. The van der Waals surface area contributed by atoms with Crippen LogP contribution < -0.4 is 10.6 Å². The highest BCUT2D eigenvalue weighted by molar-refractivity contribution is 7.14. The number of likely N-dealkylation sites (tertiary alicyclic amines) is 1. The van der Waals surface area contributed by atoms with Crippen molar-refractivity contribution in [2.24, 2.45) is 5.92 Å². The summed E-state index contributed by atoms with van der Waals surface area (Å²) in [6, 6.07) is 16.6. The standard InChI is InChI=1S/C26H26N4O4S/c31-23(27-20-10-11-20)19-8-6-18(7-9-19)21-15-35-25(28-21)29-24(32)22-13-17(14-30(22)26(33)34)12-16-4-2-1-3-5-16/h1-9,15,17,20,22H,10-14H2,(H,27,31)(H,33,34)(H,28,29,32). The number of nitrogens with one attached hydrogen (secondary N) is 2. The first-order valence-electron chi connectivity index (χ1n) is 11.7. The van der Waals surface area contributed by atoms with Crippen molar-refractivity contribution in [3.63, 3.8) is 0 Å². The Morgan fingerprint density at radius 1 is 1.06 bits per heavy atom. The zero-order valence-corrected chi connectivity index (χ0v) is 19.8. The highest BCUT2D eigenvalue weighted by Gasteiger charge is 2.39. The molecule has 0 radical (unpaired) electrons. The quantitative estimate of drug-likeness (QED) is 0.458. The van der Waals surface area contributed by atoms with Crippen molar-refractivity contribution in [3.05, 3.63) is 71.1 Å². The van der Waals surface area contributed by atoms with Gasteiger partial charge in [-0.15, -0.1) is 11.3 Å². The van der Waals surface area contributed by atoms with E-state index in [2.05, 4.69) is 15.6 Å². The first-order valence-corrected chi connectivity index (χ1v) is 12.6. The van der Waals surface area contributed by atoms with Gasteiger partial charge in [0.2, 0.25) is 5.91 Å². The minimum Gasteiger partial charge on any atom is -0.465 e. The summed E-state index contributed by atoms with van der Waals surface area (Å²) >= 11 is 1.28. The maximum atomic E-state index is 13.0. The average Bonchev–Trinajstić information content (AvgIpc) is 3.37. The number of amides is 3. The molecule has 2 fully saturated rings. The molecule has 2 aromatic carbocycles. The van der Waals surface area contributed by atoms with E-state index in [1.54, 1.807) is 12.1 Å². The lowest BCUT2D eigenvalue weighted by Gasteiger charge is -2.19. The van der Waals surface area contributed by atoms with Crippen LogP contribution in [0.1, 0.15) is 35.2 Å². The van der Waals surface area contributed by atoms with Gasteiger partial charge in [0.15, 0.2) is 5.13 Å². The van der Waals surface area contributed by atoms with Crippen molar-refractivity contribution in [1.29, 1.82) is 0 Å². The molecule has 1 saturated carbocycles. The SMILES string of the molecule is O=C(NC1CC1)c1ccc(-c2csc(NC(=O)C3CC(Cc4ccccc4)CN3C(=O)O)n2)cc1. The summed E-state index contributed by atoms with van der Waals surface area (Å²) < 4.78 is 0. The smallest absolute Gasteiger partial charge is 0.407 e. The summed E-state index contributed by atoms with van der Waals surface area (Å²) in [6.07, 6.45) is 2.18. The summed E-state index contributed by atoms with van der Waals surface area (Å²) in [6.45, 7) is 0.326. The highest BCUT2D eigenvalue weighted by atomic mass is 32.1. The molecule has 35 heavy (non-hydrogen) atoms. The molecule has 3 aromatic rings. The number of hydrogen-bond donors (Lipinski definition) is 3. The van der Waals surface area contributed by atoms with Crippen LogP contribution in [0.15, 0.2) is 60.0 Å². The van der Waals surface area contributed by atoms with E-state index in [1.807, 2.05) is 47.8 Å². The number of aromatic nitrogens is 1. The molecular formula is C26H26N4O4S. The number of thiazole rings is 1. The third-order valence-corrected chi connectivity index (χ3v) is 7.15. The molecular weight excluding hydrogens is 464 g/mol. The summed E-state index contributed by atoms with van der Waals surface area (Å²) in [5.74, 6) is -0.363.